The van der Waals surface area contributed by atoms with E-state index in [1.807, 2.05) is 0 Å². The van der Waals surface area contributed by atoms with Crippen molar-refractivity contribution in [2.45, 2.75) is 17.7 Å². The Morgan fingerprint density at radius 2 is 1.89 bits per heavy atom. The Labute approximate surface area is 106 Å². The Kier molecular flexibility index (Phi) is 4.86. The maximum Gasteiger partial charge on any atom is 0.313 e. The molecule has 1 unspecified atom stereocenters. The van der Waals surface area contributed by atoms with Crippen molar-refractivity contribution in [1.82, 2.24) is 0 Å². The molecule has 6 heteroatoms. The average molecular weight is 272 g/mol. The highest BCUT2D eigenvalue weighted by Gasteiger charge is 2.20. The first-order valence-corrected chi connectivity index (χ1v) is 7.12. The topological polar surface area (TPSA) is 80.7 Å². The van der Waals surface area contributed by atoms with E-state index >= 15 is 0 Å². The summed E-state index contributed by atoms with van der Waals surface area (Å²) >= 11 is 0. The first-order valence-electron chi connectivity index (χ1n) is 5.46. The number of hydrogen-bond acceptors (Lipinski definition) is 4. The van der Waals surface area contributed by atoms with Crippen molar-refractivity contribution in [2.75, 3.05) is 19.5 Å². The fourth-order valence-electron chi connectivity index (χ4n) is 1.55. The second-order valence-electron chi connectivity index (χ2n) is 3.82. The molecule has 5 nitrogen and oxygen atoms in total. The second kappa shape index (κ2) is 5.97. The van der Waals surface area contributed by atoms with Crippen LogP contribution < -0.4 is 0 Å². The van der Waals surface area contributed by atoms with Crippen molar-refractivity contribution in [3.05, 3.63) is 29.8 Å². The maximum absolute atomic E-state index is 11.6. The molecule has 0 aromatic heterocycles. The van der Waals surface area contributed by atoms with Gasteiger partial charge in [-0.3, -0.25) is 4.79 Å². The second-order valence-corrected chi connectivity index (χ2v) is 6.10. The fraction of sp³-hybridized carbons (Fsp3) is 0.417. The van der Waals surface area contributed by atoms with E-state index in [0.29, 0.717) is 5.56 Å². The van der Waals surface area contributed by atoms with Gasteiger partial charge in [-0.25, -0.2) is 8.42 Å². The third kappa shape index (κ3) is 3.30. The van der Waals surface area contributed by atoms with Crippen LogP contribution in [-0.4, -0.2) is 39.0 Å². The monoisotopic (exact) mass is 272 g/mol. The van der Waals surface area contributed by atoms with Gasteiger partial charge in [0.05, 0.1) is 17.3 Å². The molecule has 0 radical (unpaired) electrons. The molecule has 0 spiro atoms. The van der Waals surface area contributed by atoms with Crippen LogP contribution >= 0.6 is 0 Å². The minimum Gasteiger partial charge on any atom is -0.481 e. The predicted octanol–water partition coefficient (Wildman–Crippen LogP) is 1.29. The Morgan fingerprint density at radius 1 is 1.33 bits per heavy atom. The minimum atomic E-state index is -3.25. The summed E-state index contributed by atoms with van der Waals surface area (Å²) in [5.41, 5.74) is 0.527. The third-order valence-corrected chi connectivity index (χ3v) is 4.40. The SMILES string of the molecule is CCS(=O)(=O)c1ccc(C(COC)C(=O)O)cc1. The molecule has 18 heavy (non-hydrogen) atoms. The highest BCUT2D eigenvalue weighted by molar-refractivity contribution is 7.91. The van der Waals surface area contributed by atoms with Gasteiger partial charge in [-0.15, -0.1) is 0 Å². The van der Waals surface area contributed by atoms with E-state index in [1.54, 1.807) is 6.92 Å². The molecule has 0 aliphatic heterocycles. The molecule has 0 saturated heterocycles. The Morgan fingerprint density at radius 3 is 2.28 bits per heavy atom. The number of sulfone groups is 1. The van der Waals surface area contributed by atoms with Crippen LogP contribution in [0, 0.1) is 0 Å². The molecule has 1 N–H and O–H groups in total. The number of rotatable bonds is 6. The number of hydrogen-bond donors (Lipinski definition) is 1. The van der Waals surface area contributed by atoms with Gasteiger partial charge in [0.1, 0.15) is 5.92 Å². The van der Waals surface area contributed by atoms with Gasteiger partial charge in [-0.05, 0) is 17.7 Å². The molecule has 0 fully saturated rings. The highest BCUT2D eigenvalue weighted by atomic mass is 32.2. The number of aliphatic carboxylic acids is 1. The summed E-state index contributed by atoms with van der Waals surface area (Å²) in [5.74, 6) is -1.76. The lowest BCUT2D eigenvalue weighted by molar-refractivity contribution is -0.140. The number of carbonyl (C=O) groups is 1. The molecular formula is C12H16O5S. The summed E-state index contributed by atoms with van der Waals surface area (Å²) < 4.78 is 28.0. The lowest BCUT2D eigenvalue weighted by Gasteiger charge is -2.12. The summed E-state index contributed by atoms with van der Waals surface area (Å²) in [6, 6.07) is 5.89. The molecule has 0 aliphatic rings. The van der Waals surface area contributed by atoms with Gasteiger partial charge in [-0.2, -0.15) is 0 Å². The van der Waals surface area contributed by atoms with E-state index in [4.69, 9.17) is 9.84 Å². The quantitative estimate of drug-likeness (QED) is 0.844. The summed E-state index contributed by atoms with van der Waals surface area (Å²) in [7, 11) is -1.83. The number of ether oxygens (including phenoxy) is 1. The van der Waals surface area contributed by atoms with Crippen molar-refractivity contribution in [3.63, 3.8) is 0 Å². The first-order chi connectivity index (χ1) is 8.42. The minimum absolute atomic E-state index is 0.0206. The molecule has 0 saturated carbocycles. The number of carboxylic acids is 1. The van der Waals surface area contributed by atoms with Crippen LogP contribution in [0.5, 0.6) is 0 Å². The zero-order chi connectivity index (χ0) is 13.8. The van der Waals surface area contributed by atoms with Gasteiger partial charge in [0.25, 0.3) is 0 Å². The van der Waals surface area contributed by atoms with E-state index in [-0.39, 0.29) is 17.3 Å². The van der Waals surface area contributed by atoms with Crippen LogP contribution in [0.2, 0.25) is 0 Å². The highest BCUT2D eigenvalue weighted by Crippen LogP contribution is 2.19. The van der Waals surface area contributed by atoms with Crippen LogP contribution in [-0.2, 0) is 19.4 Å². The maximum atomic E-state index is 11.6. The molecule has 1 rings (SSSR count). The van der Waals surface area contributed by atoms with Crippen LogP contribution in [0.3, 0.4) is 0 Å². The number of methoxy groups -OCH3 is 1. The normalized spacial score (nSPS) is 13.2. The van der Waals surface area contributed by atoms with Crippen molar-refractivity contribution >= 4 is 15.8 Å². The Bertz CT molecular complexity index is 504. The lowest BCUT2D eigenvalue weighted by atomic mass is 10.0. The molecule has 0 bridgehead atoms. The molecule has 1 atom stereocenters. The van der Waals surface area contributed by atoms with Gasteiger partial charge >= 0.3 is 5.97 Å². The number of carboxylic acid groups (broad SMARTS) is 1. The Balaban J connectivity index is 3.05. The van der Waals surface area contributed by atoms with E-state index in [0.717, 1.165) is 0 Å². The van der Waals surface area contributed by atoms with Crippen LogP contribution in [0.1, 0.15) is 18.4 Å². The summed E-state index contributed by atoms with van der Waals surface area (Å²) in [4.78, 5) is 11.2. The van der Waals surface area contributed by atoms with E-state index in [9.17, 15) is 13.2 Å². The Hall–Kier alpha value is -1.40. The van der Waals surface area contributed by atoms with Gasteiger partial charge in [0.2, 0.25) is 0 Å². The largest absolute Gasteiger partial charge is 0.481 e. The smallest absolute Gasteiger partial charge is 0.313 e. The first kappa shape index (κ1) is 14.7. The summed E-state index contributed by atoms with van der Waals surface area (Å²) in [5, 5.41) is 9.03. The van der Waals surface area contributed by atoms with E-state index < -0.39 is 21.7 Å². The molecule has 0 aliphatic carbocycles. The molecule has 1 aromatic carbocycles. The summed E-state index contributed by atoms with van der Waals surface area (Å²) in [6.07, 6.45) is 0. The average Bonchev–Trinajstić information content (AvgIpc) is 2.36. The molecular weight excluding hydrogens is 256 g/mol. The predicted molar refractivity (Wildman–Crippen MR) is 66.4 cm³/mol. The van der Waals surface area contributed by atoms with E-state index in [2.05, 4.69) is 0 Å². The van der Waals surface area contributed by atoms with Gasteiger partial charge in [0, 0.05) is 7.11 Å². The van der Waals surface area contributed by atoms with Gasteiger partial charge in [-0.1, -0.05) is 19.1 Å². The van der Waals surface area contributed by atoms with Gasteiger partial charge < -0.3 is 9.84 Å². The fourth-order valence-corrected chi connectivity index (χ4v) is 2.43. The van der Waals surface area contributed by atoms with Crippen LogP contribution in [0.4, 0.5) is 0 Å². The lowest BCUT2D eigenvalue weighted by Crippen LogP contribution is -2.17. The van der Waals surface area contributed by atoms with Crippen molar-refractivity contribution < 1.29 is 23.1 Å². The number of benzene rings is 1. The van der Waals surface area contributed by atoms with Gasteiger partial charge in [0.15, 0.2) is 9.84 Å². The van der Waals surface area contributed by atoms with Crippen molar-refractivity contribution in [2.24, 2.45) is 0 Å². The third-order valence-electron chi connectivity index (χ3n) is 2.65. The molecule has 0 heterocycles. The molecule has 1 aromatic rings. The molecule has 100 valence electrons. The zero-order valence-electron chi connectivity index (χ0n) is 10.3. The summed E-state index contributed by atoms with van der Waals surface area (Å²) in [6.45, 7) is 1.61. The van der Waals surface area contributed by atoms with E-state index in [1.165, 1.54) is 31.4 Å². The van der Waals surface area contributed by atoms with Crippen molar-refractivity contribution in [1.29, 1.82) is 0 Å². The van der Waals surface area contributed by atoms with Crippen LogP contribution in [0.25, 0.3) is 0 Å². The van der Waals surface area contributed by atoms with Crippen LogP contribution in [0.15, 0.2) is 29.2 Å². The zero-order valence-corrected chi connectivity index (χ0v) is 11.1. The van der Waals surface area contributed by atoms with Crippen molar-refractivity contribution in [3.8, 4) is 0 Å². The molecule has 0 amide bonds. The standard InChI is InChI=1S/C12H16O5S/c1-3-18(15,16)10-6-4-9(5-7-10)11(8-17-2)12(13)14/h4-7,11H,3,8H2,1-2H3,(H,13,14).